The van der Waals surface area contributed by atoms with Gasteiger partial charge >= 0.3 is 0 Å². The number of rotatable bonds is 4. The lowest BCUT2D eigenvalue weighted by Crippen LogP contribution is -2.05. The Bertz CT molecular complexity index is 1130. The summed E-state index contributed by atoms with van der Waals surface area (Å²) < 4.78 is 36.3. The molecule has 0 amide bonds. The fourth-order valence-corrected chi connectivity index (χ4v) is 3.46. The molecule has 1 aliphatic rings. The number of anilines is 2. The van der Waals surface area contributed by atoms with Gasteiger partial charge in [0.2, 0.25) is 5.95 Å². The Labute approximate surface area is 155 Å². The summed E-state index contributed by atoms with van der Waals surface area (Å²) in [6.45, 7) is 0. The average Bonchev–Trinajstić information content (AvgIpc) is 3.06. The second kappa shape index (κ2) is 6.55. The lowest BCUT2D eigenvalue weighted by atomic mass is 9.98. The molecule has 1 atom stereocenters. The summed E-state index contributed by atoms with van der Waals surface area (Å²) >= 11 is 0. The zero-order chi connectivity index (χ0) is 19.0. The molecule has 8 heteroatoms. The summed E-state index contributed by atoms with van der Waals surface area (Å²) in [7, 11) is -3.24. The summed E-state index contributed by atoms with van der Waals surface area (Å²) in [6, 6.07) is 12.6. The molecule has 0 saturated carbocycles. The fraction of sp³-hybridized carbons (Fsp3) is 0.105. The molecule has 6 nitrogen and oxygen atoms in total. The van der Waals surface area contributed by atoms with Crippen LogP contribution in [-0.2, 0) is 9.84 Å². The Morgan fingerprint density at radius 1 is 1.04 bits per heavy atom. The number of sulfone groups is 1. The molecule has 0 aliphatic carbocycles. The van der Waals surface area contributed by atoms with Crippen molar-refractivity contribution in [1.82, 2.24) is 9.97 Å². The van der Waals surface area contributed by atoms with E-state index in [0.29, 0.717) is 17.3 Å². The molecular formula is C19H15FN4O2S. The van der Waals surface area contributed by atoms with Crippen LogP contribution in [0, 0.1) is 5.82 Å². The monoisotopic (exact) mass is 382 g/mol. The van der Waals surface area contributed by atoms with Crippen LogP contribution in [0.5, 0.6) is 0 Å². The Kier molecular flexibility index (Phi) is 4.19. The van der Waals surface area contributed by atoms with Gasteiger partial charge in [-0.15, -0.1) is 0 Å². The molecule has 27 heavy (non-hydrogen) atoms. The standard InChI is InChI=1S/C19H15FN4O2S/c1-27(25,26)15-8-2-12(3-9-15)16-10-21-17-11-22-19(24-18(16)17)23-14-6-4-13(20)5-7-14/h2-11,16H,1H3,(H,22,23,24). The molecule has 1 N–H and O–H groups in total. The van der Waals surface area contributed by atoms with Crippen molar-refractivity contribution in [3.8, 4) is 0 Å². The highest BCUT2D eigenvalue weighted by molar-refractivity contribution is 7.90. The van der Waals surface area contributed by atoms with Gasteiger partial charge in [-0.1, -0.05) is 12.1 Å². The Morgan fingerprint density at radius 2 is 1.74 bits per heavy atom. The van der Waals surface area contributed by atoms with Gasteiger partial charge in [0.15, 0.2) is 9.84 Å². The maximum Gasteiger partial charge on any atom is 0.227 e. The van der Waals surface area contributed by atoms with Crippen LogP contribution in [-0.4, -0.2) is 30.9 Å². The third-order valence-corrected chi connectivity index (χ3v) is 5.35. The minimum absolute atomic E-state index is 0.189. The van der Waals surface area contributed by atoms with Crippen molar-refractivity contribution in [2.45, 2.75) is 10.8 Å². The fourth-order valence-electron chi connectivity index (χ4n) is 2.83. The second-order valence-electron chi connectivity index (χ2n) is 6.19. The summed E-state index contributed by atoms with van der Waals surface area (Å²) in [4.78, 5) is 13.4. The molecule has 2 heterocycles. The molecule has 1 aliphatic heterocycles. The maximum atomic E-state index is 13.0. The van der Waals surface area contributed by atoms with E-state index in [1.54, 1.807) is 48.8 Å². The highest BCUT2D eigenvalue weighted by Crippen LogP contribution is 2.35. The number of nitrogens with zero attached hydrogens (tertiary/aromatic N) is 3. The number of aromatic nitrogens is 2. The molecule has 0 spiro atoms. The van der Waals surface area contributed by atoms with Gasteiger partial charge in [-0.05, 0) is 42.0 Å². The van der Waals surface area contributed by atoms with E-state index in [1.807, 2.05) is 0 Å². The molecule has 0 saturated heterocycles. The van der Waals surface area contributed by atoms with Gasteiger partial charge in [0, 0.05) is 18.2 Å². The Morgan fingerprint density at radius 3 is 2.41 bits per heavy atom. The first-order chi connectivity index (χ1) is 12.9. The van der Waals surface area contributed by atoms with Crippen molar-refractivity contribution in [2.75, 3.05) is 11.6 Å². The first-order valence-electron chi connectivity index (χ1n) is 8.14. The summed E-state index contributed by atoms with van der Waals surface area (Å²) in [5.74, 6) is -0.129. The lowest BCUT2D eigenvalue weighted by Gasteiger charge is -2.11. The first-order valence-corrected chi connectivity index (χ1v) is 10.0. The largest absolute Gasteiger partial charge is 0.324 e. The van der Waals surface area contributed by atoms with Gasteiger partial charge in [-0.25, -0.2) is 22.8 Å². The van der Waals surface area contributed by atoms with E-state index in [9.17, 15) is 12.8 Å². The third-order valence-electron chi connectivity index (χ3n) is 4.22. The van der Waals surface area contributed by atoms with Crippen molar-refractivity contribution >= 4 is 33.4 Å². The van der Waals surface area contributed by atoms with E-state index < -0.39 is 9.84 Å². The van der Waals surface area contributed by atoms with Crippen LogP contribution in [0.2, 0.25) is 0 Å². The van der Waals surface area contributed by atoms with Crippen molar-refractivity contribution in [3.63, 3.8) is 0 Å². The van der Waals surface area contributed by atoms with Gasteiger partial charge in [0.1, 0.15) is 11.5 Å². The highest BCUT2D eigenvalue weighted by atomic mass is 32.2. The summed E-state index contributed by atoms with van der Waals surface area (Å²) in [6.07, 6.45) is 4.56. The van der Waals surface area contributed by atoms with Crippen LogP contribution in [0.15, 0.2) is 64.6 Å². The van der Waals surface area contributed by atoms with E-state index in [1.165, 1.54) is 18.4 Å². The zero-order valence-corrected chi connectivity index (χ0v) is 15.1. The third kappa shape index (κ3) is 3.56. The molecule has 0 radical (unpaired) electrons. The first kappa shape index (κ1) is 17.3. The van der Waals surface area contributed by atoms with Crippen LogP contribution in [0.1, 0.15) is 17.2 Å². The topological polar surface area (TPSA) is 84.3 Å². The van der Waals surface area contributed by atoms with E-state index in [0.717, 1.165) is 11.3 Å². The molecule has 1 unspecified atom stereocenters. The minimum Gasteiger partial charge on any atom is -0.324 e. The van der Waals surface area contributed by atoms with Crippen LogP contribution < -0.4 is 5.32 Å². The number of nitrogens with one attached hydrogen (secondary N) is 1. The van der Waals surface area contributed by atoms with Crippen LogP contribution in [0.4, 0.5) is 21.7 Å². The highest BCUT2D eigenvalue weighted by Gasteiger charge is 2.24. The Hall–Kier alpha value is -3.13. The zero-order valence-electron chi connectivity index (χ0n) is 14.3. The van der Waals surface area contributed by atoms with Gasteiger partial charge in [0.25, 0.3) is 0 Å². The van der Waals surface area contributed by atoms with E-state index in [2.05, 4.69) is 20.3 Å². The molecule has 3 aromatic rings. The molecule has 4 rings (SSSR count). The molecule has 136 valence electrons. The van der Waals surface area contributed by atoms with Gasteiger partial charge in [0.05, 0.1) is 22.7 Å². The Balaban J connectivity index is 1.62. The van der Waals surface area contributed by atoms with Crippen LogP contribution in [0.3, 0.4) is 0 Å². The lowest BCUT2D eigenvalue weighted by molar-refractivity contribution is 0.602. The molecule has 0 fully saturated rings. The van der Waals surface area contributed by atoms with E-state index in [4.69, 9.17) is 0 Å². The van der Waals surface area contributed by atoms with E-state index >= 15 is 0 Å². The summed E-state index contributed by atoms with van der Waals surface area (Å²) in [5, 5.41) is 3.04. The van der Waals surface area contributed by atoms with Crippen molar-refractivity contribution in [3.05, 3.63) is 71.8 Å². The number of benzene rings is 2. The number of fused-ring (bicyclic) bond motifs is 1. The maximum absolute atomic E-state index is 13.0. The molecular weight excluding hydrogens is 367 g/mol. The predicted octanol–water partition coefficient (Wildman–Crippen LogP) is 3.61. The normalized spacial score (nSPS) is 15.6. The quantitative estimate of drug-likeness (QED) is 0.745. The number of hydrogen-bond donors (Lipinski definition) is 1. The predicted molar refractivity (Wildman–Crippen MR) is 101 cm³/mol. The van der Waals surface area contributed by atoms with Crippen LogP contribution >= 0.6 is 0 Å². The second-order valence-corrected chi connectivity index (χ2v) is 8.21. The molecule has 1 aromatic heterocycles. The van der Waals surface area contributed by atoms with Crippen molar-refractivity contribution in [2.24, 2.45) is 4.99 Å². The minimum atomic E-state index is -3.24. The van der Waals surface area contributed by atoms with Crippen molar-refractivity contribution < 1.29 is 12.8 Å². The summed E-state index contributed by atoms with van der Waals surface area (Å²) in [5.41, 5.74) is 2.94. The van der Waals surface area contributed by atoms with Crippen LogP contribution in [0.25, 0.3) is 0 Å². The molecule has 2 aromatic carbocycles. The SMILES string of the molecule is CS(=O)(=O)c1ccc(C2C=Nc3cnc(Nc4ccc(F)cc4)nc32)cc1. The molecule has 0 bridgehead atoms. The average molecular weight is 382 g/mol. The number of halogens is 1. The smallest absolute Gasteiger partial charge is 0.227 e. The number of hydrogen-bond acceptors (Lipinski definition) is 6. The van der Waals surface area contributed by atoms with Gasteiger partial charge in [-0.3, -0.25) is 4.99 Å². The van der Waals surface area contributed by atoms with E-state index in [-0.39, 0.29) is 16.6 Å². The van der Waals surface area contributed by atoms with Gasteiger partial charge < -0.3 is 5.32 Å². The number of aliphatic imine (C=N–C) groups is 1. The van der Waals surface area contributed by atoms with Gasteiger partial charge in [-0.2, -0.15) is 0 Å². The van der Waals surface area contributed by atoms with Crippen molar-refractivity contribution in [1.29, 1.82) is 0 Å².